The first-order valence-electron chi connectivity index (χ1n) is 9.77. The normalized spacial score (nSPS) is 12.7. The van der Waals surface area contributed by atoms with Crippen LogP contribution in [0.15, 0.2) is 83.8 Å². The van der Waals surface area contributed by atoms with Crippen molar-refractivity contribution in [1.82, 2.24) is 9.62 Å². The summed E-state index contributed by atoms with van der Waals surface area (Å²) in [7, 11) is -3.85. The lowest BCUT2D eigenvalue weighted by Gasteiger charge is -2.22. The lowest BCUT2D eigenvalue weighted by atomic mass is 10.2. The zero-order chi connectivity index (χ0) is 21.7. The van der Waals surface area contributed by atoms with Crippen LogP contribution < -0.4 is 14.8 Å². The molecule has 0 saturated carbocycles. The number of rotatable bonds is 8. The van der Waals surface area contributed by atoms with Crippen LogP contribution in [0.5, 0.6) is 11.5 Å². The summed E-state index contributed by atoms with van der Waals surface area (Å²) in [6.45, 7) is 0.225. The number of nitrogens with one attached hydrogen (secondary N) is 1. The molecule has 0 atom stereocenters. The Kier molecular flexibility index (Phi) is 6.20. The summed E-state index contributed by atoms with van der Waals surface area (Å²) in [6, 6.07) is 22.7. The fraction of sp³-hybridized carbons (Fsp3) is 0.174. The molecule has 1 N–H and O–H groups in total. The van der Waals surface area contributed by atoms with E-state index in [1.165, 1.54) is 16.4 Å². The summed E-state index contributed by atoms with van der Waals surface area (Å²) in [5.74, 6) is 0.898. The fourth-order valence-electron chi connectivity index (χ4n) is 3.22. The van der Waals surface area contributed by atoms with Gasteiger partial charge in [0.05, 0.1) is 11.4 Å². The second kappa shape index (κ2) is 9.20. The number of hydrogen-bond donors (Lipinski definition) is 1. The van der Waals surface area contributed by atoms with Gasteiger partial charge in [-0.2, -0.15) is 4.31 Å². The maximum absolute atomic E-state index is 13.2. The number of benzene rings is 3. The molecule has 31 heavy (non-hydrogen) atoms. The molecule has 3 aromatic carbocycles. The SMILES string of the molecule is O=C(CN(Cc1ccccc1)S(=O)(=O)c1ccccc1)NCc1ccc2c(c1)OCO2. The molecule has 4 rings (SSSR count). The van der Waals surface area contributed by atoms with Crippen LogP contribution in [0.1, 0.15) is 11.1 Å². The van der Waals surface area contributed by atoms with Crippen molar-refractivity contribution in [3.63, 3.8) is 0 Å². The Balaban J connectivity index is 1.48. The maximum atomic E-state index is 13.2. The molecule has 0 saturated heterocycles. The first-order chi connectivity index (χ1) is 15.0. The van der Waals surface area contributed by atoms with E-state index < -0.39 is 15.9 Å². The number of ether oxygens (including phenoxy) is 2. The van der Waals surface area contributed by atoms with Gasteiger partial charge in [-0.3, -0.25) is 4.79 Å². The van der Waals surface area contributed by atoms with Crippen LogP contribution in [0.3, 0.4) is 0 Å². The Morgan fingerprint density at radius 1 is 0.871 bits per heavy atom. The van der Waals surface area contributed by atoms with Gasteiger partial charge in [0.1, 0.15) is 0 Å². The molecule has 1 amide bonds. The minimum absolute atomic E-state index is 0.0928. The lowest BCUT2D eigenvalue weighted by molar-refractivity contribution is -0.121. The summed E-state index contributed by atoms with van der Waals surface area (Å²) in [5, 5.41) is 2.79. The number of hydrogen-bond acceptors (Lipinski definition) is 5. The number of carbonyl (C=O) groups is 1. The molecular formula is C23H22N2O5S. The molecule has 1 aliphatic heterocycles. The fourth-order valence-corrected chi connectivity index (χ4v) is 4.63. The van der Waals surface area contributed by atoms with E-state index in [1.54, 1.807) is 30.3 Å². The molecule has 0 fully saturated rings. The number of sulfonamides is 1. The highest BCUT2D eigenvalue weighted by molar-refractivity contribution is 7.89. The monoisotopic (exact) mass is 438 g/mol. The molecule has 0 bridgehead atoms. The van der Waals surface area contributed by atoms with E-state index in [0.29, 0.717) is 11.5 Å². The number of fused-ring (bicyclic) bond motifs is 1. The summed E-state index contributed by atoms with van der Waals surface area (Å²) < 4.78 is 38.2. The Labute approximate surface area is 181 Å². The predicted molar refractivity (Wildman–Crippen MR) is 115 cm³/mol. The maximum Gasteiger partial charge on any atom is 0.243 e. The van der Waals surface area contributed by atoms with E-state index in [2.05, 4.69) is 5.32 Å². The Hall–Kier alpha value is -3.36. The van der Waals surface area contributed by atoms with E-state index in [4.69, 9.17) is 9.47 Å². The highest BCUT2D eigenvalue weighted by Gasteiger charge is 2.26. The van der Waals surface area contributed by atoms with Crippen LogP contribution in [0.25, 0.3) is 0 Å². The van der Waals surface area contributed by atoms with Crippen LogP contribution >= 0.6 is 0 Å². The van der Waals surface area contributed by atoms with Gasteiger partial charge in [0, 0.05) is 13.1 Å². The molecular weight excluding hydrogens is 416 g/mol. The molecule has 0 aromatic heterocycles. The van der Waals surface area contributed by atoms with Crippen LogP contribution in [0.4, 0.5) is 0 Å². The zero-order valence-electron chi connectivity index (χ0n) is 16.7. The molecule has 1 aliphatic rings. The standard InChI is InChI=1S/C23H22N2O5S/c26-23(24-14-19-11-12-21-22(13-19)30-17-29-21)16-25(15-18-7-3-1-4-8-18)31(27,28)20-9-5-2-6-10-20/h1-13H,14-17H2,(H,24,26). The third kappa shape index (κ3) is 5.04. The second-order valence-corrected chi connectivity index (χ2v) is 8.97. The van der Waals surface area contributed by atoms with Gasteiger partial charge >= 0.3 is 0 Å². The zero-order valence-corrected chi connectivity index (χ0v) is 17.5. The van der Waals surface area contributed by atoms with Gasteiger partial charge in [0.25, 0.3) is 0 Å². The van der Waals surface area contributed by atoms with E-state index >= 15 is 0 Å². The van der Waals surface area contributed by atoms with Crippen LogP contribution in [0, 0.1) is 0 Å². The van der Waals surface area contributed by atoms with Gasteiger partial charge in [-0.15, -0.1) is 0 Å². The van der Waals surface area contributed by atoms with Crippen molar-refractivity contribution in [2.24, 2.45) is 0 Å². The number of carbonyl (C=O) groups excluding carboxylic acids is 1. The van der Waals surface area contributed by atoms with Crippen molar-refractivity contribution in [2.75, 3.05) is 13.3 Å². The molecule has 3 aromatic rings. The average molecular weight is 439 g/mol. The second-order valence-electron chi connectivity index (χ2n) is 7.04. The van der Waals surface area contributed by atoms with Crippen molar-refractivity contribution in [1.29, 1.82) is 0 Å². The van der Waals surface area contributed by atoms with Gasteiger partial charge in [-0.1, -0.05) is 54.6 Å². The summed E-state index contributed by atoms with van der Waals surface area (Å²) >= 11 is 0. The molecule has 0 aliphatic carbocycles. The van der Waals surface area contributed by atoms with Crippen LogP contribution in [-0.2, 0) is 27.9 Å². The molecule has 8 heteroatoms. The average Bonchev–Trinajstić information content (AvgIpc) is 3.26. The van der Waals surface area contributed by atoms with Crippen molar-refractivity contribution < 1.29 is 22.7 Å². The van der Waals surface area contributed by atoms with Gasteiger partial charge in [-0.25, -0.2) is 8.42 Å². The molecule has 7 nitrogen and oxygen atoms in total. The summed E-state index contributed by atoms with van der Waals surface area (Å²) in [5.41, 5.74) is 1.63. The lowest BCUT2D eigenvalue weighted by Crippen LogP contribution is -2.40. The number of amides is 1. The van der Waals surface area contributed by atoms with E-state index in [9.17, 15) is 13.2 Å². The van der Waals surface area contributed by atoms with E-state index in [-0.39, 0.29) is 31.3 Å². The van der Waals surface area contributed by atoms with Crippen molar-refractivity contribution in [2.45, 2.75) is 18.0 Å². The van der Waals surface area contributed by atoms with E-state index in [1.807, 2.05) is 36.4 Å². The van der Waals surface area contributed by atoms with Crippen LogP contribution in [-0.4, -0.2) is 32.0 Å². The molecule has 0 unspecified atom stereocenters. The molecule has 0 spiro atoms. The first-order valence-corrected chi connectivity index (χ1v) is 11.2. The third-order valence-electron chi connectivity index (χ3n) is 4.83. The quantitative estimate of drug-likeness (QED) is 0.585. The van der Waals surface area contributed by atoms with Crippen molar-refractivity contribution in [3.8, 4) is 11.5 Å². The van der Waals surface area contributed by atoms with Crippen LogP contribution in [0.2, 0.25) is 0 Å². The largest absolute Gasteiger partial charge is 0.454 e. The minimum Gasteiger partial charge on any atom is -0.454 e. The number of nitrogens with zero attached hydrogens (tertiary/aromatic N) is 1. The summed E-state index contributed by atoms with van der Waals surface area (Å²) in [6.07, 6.45) is 0. The van der Waals surface area contributed by atoms with Crippen molar-refractivity contribution in [3.05, 3.63) is 90.0 Å². The summed E-state index contributed by atoms with van der Waals surface area (Å²) in [4.78, 5) is 12.8. The highest BCUT2D eigenvalue weighted by atomic mass is 32.2. The highest BCUT2D eigenvalue weighted by Crippen LogP contribution is 2.32. The topological polar surface area (TPSA) is 84.9 Å². The van der Waals surface area contributed by atoms with E-state index in [0.717, 1.165) is 11.1 Å². The minimum atomic E-state index is -3.85. The van der Waals surface area contributed by atoms with Gasteiger partial charge in [0.2, 0.25) is 22.7 Å². The Morgan fingerprint density at radius 3 is 2.29 bits per heavy atom. The third-order valence-corrected chi connectivity index (χ3v) is 6.64. The molecule has 160 valence electrons. The molecule has 0 radical (unpaired) electrons. The van der Waals surface area contributed by atoms with Gasteiger partial charge in [-0.05, 0) is 35.4 Å². The Bertz CT molecular complexity index is 1150. The van der Waals surface area contributed by atoms with Crippen molar-refractivity contribution >= 4 is 15.9 Å². The molecule has 1 heterocycles. The van der Waals surface area contributed by atoms with Gasteiger partial charge < -0.3 is 14.8 Å². The smallest absolute Gasteiger partial charge is 0.243 e. The first kappa shape index (κ1) is 20.9. The Morgan fingerprint density at radius 2 is 1.55 bits per heavy atom. The van der Waals surface area contributed by atoms with Gasteiger partial charge in [0.15, 0.2) is 11.5 Å². The predicted octanol–water partition coefficient (Wildman–Crippen LogP) is 2.92.